The summed E-state index contributed by atoms with van der Waals surface area (Å²) in [5, 5.41) is 19.9. The minimum absolute atomic E-state index is 0.127. The highest BCUT2D eigenvalue weighted by molar-refractivity contribution is 5.66. The van der Waals surface area contributed by atoms with Crippen LogP contribution in [0.2, 0.25) is 0 Å². The van der Waals surface area contributed by atoms with Crippen molar-refractivity contribution in [3.05, 3.63) is 5.82 Å². The zero-order valence-electron chi connectivity index (χ0n) is 8.20. The van der Waals surface area contributed by atoms with Gasteiger partial charge in [-0.25, -0.2) is 4.68 Å². The van der Waals surface area contributed by atoms with Crippen LogP contribution in [0.3, 0.4) is 0 Å². The highest BCUT2D eigenvalue weighted by atomic mass is 16.4. The Labute approximate surface area is 86.3 Å². The summed E-state index contributed by atoms with van der Waals surface area (Å²) in [7, 11) is 0. The molecule has 3 rings (SSSR count). The van der Waals surface area contributed by atoms with Crippen LogP contribution in [0.4, 0.5) is 0 Å². The Morgan fingerprint density at radius 2 is 2.20 bits per heavy atom. The molecular weight excluding hydrogens is 196 g/mol. The van der Waals surface area contributed by atoms with Gasteiger partial charge < -0.3 is 5.11 Å². The van der Waals surface area contributed by atoms with Gasteiger partial charge >= 0.3 is 5.97 Å². The Bertz CT molecular complexity index is 393. The van der Waals surface area contributed by atoms with E-state index in [-0.39, 0.29) is 6.54 Å². The molecule has 80 valence electrons. The molecule has 15 heavy (non-hydrogen) atoms. The van der Waals surface area contributed by atoms with Gasteiger partial charge in [0.2, 0.25) is 0 Å². The molecule has 1 N–H and O–H groups in total. The van der Waals surface area contributed by atoms with E-state index in [2.05, 4.69) is 15.5 Å². The first kappa shape index (κ1) is 8.82. The number of hydrogen-bond donors (Lipinski definition) is 1. The molecule has 1 aromatic rings. The molecule has 0 bridgehead atoms. The summed E-state index contributed by atoms with van der Waals surface area (Å²) in [5.41, 5.74) is 0. The molecule has 0 spiro atoms. The fourth-order valence-electron chi connectivity index (χ4n) is 2.90. The van der Waals surface area contributed by atoms with Crippen molar-refractivity contribution >= 4 is 5.97 Å². The van der Waals surface area contributed by atoms with E-state index in [1.54, 1.807) is 0 Å². The molecule has 0 aromatic carbocycles. The Morgan fingerprint density at radius 3 is 2.87 bits per heavy atom. The Balaban J connectivity index is 1.81. The maximum Gasteiger partial charge on any atom is 0.325 e. The average Bonchev–Trinajstić information content (AvgIpc) is 2.64. The molecule has 0 amide bonds. The SMILES string of the molecule is O=C(O)Cn1nnnc1C1C2CCCC21. The summed E-state index contributed by atoms with van der Waals surface area (Å²) in [4.78, 5) is 10.6. The van der Waals surface area contributed by atoms with Crippen LogP contribution in [0.1, 0.15) is 31.0 Å². The van der Waals surface area contributed by atoms with Crippen LogP contribution in [-0.2, 0) is 11.3 Å². The smallest absolute Gasteiger partial charge is 0.325 e. The number of carboxylic acid groups (broad SMARTS) is 1. The number of hydrogen-bond acceptors (Lipinski definition) is 4. The van der Waals surface area contributed by atoms with Gasteiger partial charge in [-0.05, 0) is 35.1 Å². The van der Waals surface area contributed by atoms with E-state index in [4.69, 9.17) is 5.11 Å². The van der Waals surface area contributed by atoms with Crippen LogP contribution in [0.5, 0.6) is 0 Å². The van der Waals surface area contributed by atoms with Crippen LogP contribution >= 0.6 is 0 Å². The predicted octanol–water partition coefficient (Wildman–Crippen LogP) is 0.271. The topological polar surface area (TPSA) is 80.9 Å². The molecule has 0 aliphatic heterocycles. The highest BCUT2D eigenvalue weighted by Crippen LogP contribution is 2.62. The van der Waals surface area contributed by atoms with Crippen LogP contribution in [0.25, 0.3) is 0 Å². The van der Waals surface area contributed by atoms with Crippen molar-refractivity contribution in [1.29, 1.82) is 0 Å². The van der Waals surface area contributed by atoms with Crippen molar-refractivity contribution in [1.82, 2.24) is 20.2 Å². The number of tetrazole rings is 1. The van der Waals surface area contributed by atoms with Crippen molar-refractivity contribution in [2.45, 2.75) is 31.7 Å². The first-order valence-corrected chi connectivity index (χ1v) is 5.25. The maximum atomic E-state index is 10.6. The van der Waals surface area contributed by atoms with Crippen LogP contribution < -0.4 is 0 Å². The van der Waals surface area contributed by atoms with Crippen LogP contribution in [-0.4, -0.2) is 31.3 Å². The van der Waals surface area contributed by atoms with Crippen molar-refractivity contribution in [3.8, 4) is 0 Å². The lowest BCUT2D eigenvalue weighted by Gasteiger charge is -2.02. The second-order valence-corrected chi connectivity index (χ2v) is 4.37. The fraction of sp³-hybridized carbons (Fsp3) is 0.778. The fourth-order valence-corrected chi connectivity index (χ4v) is 2.90. The van der Waals surface area contributed by atoms with Gasteiger partial charge in [0.05, 0.1) is 0 Å². The number of nitrogens with zero attached hydrogens (tertiary/aromatic N) is 4. The molecule has 0 radical (unpaired) electrons. The quantitative estimate of drug-likeness (QED) is 0.771. The molecule has 2 aliphatic rings. The first-order chi connectivity index (χ1) is 7.27. The molecule has 6 heteroatoms. The minimum atomic E-state index is -0.894. The van der Waals surface area contributed by atoms with E-state index in [0.717, 1.165) is 5.82 Å². The van der Waals surface area contributed by atoms with Gasteiger partial charge in [-0.2, -0.15) is 0 Å². The number of fused-ring (bicyclic) bond motifs is 1. The minimum Gasteiger partial charge on any atom is -0.480 e. The Hall–Kier alpha value is -1.46. The Kier molecular flexibility index (Phi) is 1.77. The van der Waals surface area contributed by atoms with Gasteiger partial charge in [0.15, 0.2) is 5.82 Å². The summed E-state index contributed by atoms with van der Waals surface area (Å²) in [6, 6.07) is 0. The van der Waals surface area contributed by atoms with E-state index < -0.39 is 5.97 Å². The zero-order chi connectivity index (χ0) is 10.4. The van der Waals surface area contributed by atoms with Gasteiger partial charge in [0, 0.05) is 5.92 Å². The van der Waals surface area contributed by atoms with Crippen molar-refractivity contribution in [2.24, 2.45) is 11.8 Å². The summed E-state index contributed by atoms with van der Waals surface area (Å²) >= 11 is 0. The normalized spacial score (nSPS) is 32.7. The molecule has 0 saturated heterocycles. The molecule has 1 heterocycles. The van der Waals surface area contributed by atoms with E-state index in [0.29, 0.717) is 17.8 Å². The summed E-state index contributed by atoms with van der Waals surface area (Å²) in [6.07, 6.45) is 3.79. The molecular formula is C9H12N4O2. The molecule has 2 unspecified atom stereocenters. The zero-order valence-corrected chi connectivity index (χ0v) is 8.20. The third-order valence-corrected chi connectivity index (χ3v) is 3.55. The molecule has 2 aliphatic carbocycles. The lowest BCUT2D eigenvalue weighted by molar-refractivity contribution is -0.138. The van der Waals surface area contributed by atoms with E-state index >= 15 is 0 Å². The molecule has 2 atom stereocenters. The van der Waals surface area contributed by atoms with Gasteiger partial charge in [0.1, 0.15) is 6.54 Å². The Morgan fingerprint density at radius 1 is 1.47 bits per heavy atom. The molecule has 2 saturated carbocycles. The lowest BCUT2D eigenvalue weighted by atomic mass is 10.1. The standard InChI is InChI=1S/C9H12N4O2/c14-7(15)4-13-9(10-11-12-13)8-5-2-1-3-6(5)8/h5-6,8H,1-4H2,(H,14,15). The monoisotopic (exact) mass is 208 g/mol. The highest BCUT2D eigenvalue weighted by Gasteiger charge is 2.55. The van der Waals surface area contributed by atoms with Crippen LogP contribution in [0, 0.1) is 11.8 Å². The second kappa shape index (κ2) is 3.01. The van der Waals surface area contributed by atoms with Gasteiger partial charge in [-0.15, -0.1) is 5.10 Å². The van der Waals surface area contributed by atoms with Crippen molar-refractivity contribution < 1.29 is 9.90 Å². The largest absolute Gasteiger partial charge is 0.480 e. The van der Waals surface area contributed by atoms with E-state index in [1.165, 1.54) is 23.9 Å². The third kappa shape index (κ3) is 1.32. The number of rotatable bonds is 3. The lowest BCUT2D eigenvalue weighted by Crippen LogP contribution is -2.13. The van der Waals surface area contributed by atoms with Crippen molar-refractivity contribution in [2.75, 3.05) is 0 Å². The first-order valence-electron chi connectivity index (χ1n) is 5.25. The summed E-state index contributed by atoms with van der Waals surface area (Å²) in [5.74, 6) is 1.72. The van der Waals surface area contributed by atoms with Crippen molar-refractivity contribution in [3.63, 3.8) is 0 Å². The molecule has 6 nitrogen and oxygen atoms in total. The third-order valence-electron chi connectivity index (χ3n) is 3.55. The maximum absolute atomic E-state index is 10.6. The second-order valence-electron chi connectivity index (χ2n) is 4.37. The van der Waals surface area contributed by atoms with E-state index in [9.17, 15) is 4.79 Å². The number of carboxylic acids is 1. The predicted molar refractivity (Wildman–Crippen MR) is 49.0 cm³/mol. The van der Waals surface area contributed by atoms with Crippen LogP contribution in [0.15, 0.2) is 0 Å². The van der Waals surface area contributed by atoms with Gasteiger partial charge in [0.25, 0.3) is 0 Å². The summed E-state index contributed by atoms with van der Waals surface area (Å²) < 4.78 is 1.42. The summed E-state index contributed by atoms with van der Waals surface area (Å²) in [6.45, 7) is -0.127. The van der Waals surface area contributed by atoms with Gasteiger partial charge in [-0.1, -0.05) is 6.42 Å². The molecule has 1 aromatic heterocycles. The average molecular weight is 208 g/mol. The number of aromatic nitrogens is 4. The number of carbonyl (C=O) groups is 1. The molecule has 2 fully saturated rings. The number of aliphatic carboxylic acids is 1. The van der Waals surface area contributed by atoms with Gasteiger partial charge in [-0.3, -0.25) is 4.79 Å². The van der Waals surface area contributed by atoms with E-state index in [1.807, 2.05) is 0 Å².